The molecular weight excluding hydrogens is 281 g/mol. The molecule has 0 unspecified atom stereocenters. The zero-order chi connectivity index (χ0) is 15.5. The largest absolute Gasteiger partial charge is 0.391 e. The van der Waals surface area contributed by atoms with Crippen LogP contribution in [0, 0.1) is 12.8 Å². The third-order valence-corrected chi connectivity index (χ3v) is 3.67. The van der Waals surface area contributed by atoms with Crippen molar-refractivity contribution in [1.29, 1.82) is 0 Å². The smallest absolute Gasteiger partial charge is 0.370 e. The minimum Gasteiger partial charge on any atom is -0.370 e. The molecule has 2 heterocycles. The lowest BCUT2D eigenvalue weighted by molar-refractivity contribution is -0.185. The second-order valence-electron chi connectivity index (χ2n) is 5.43. The Morgan fingerprint density at radius 2 is 1.95 bits per heavy atom. The first-order valence-electron chi connectivity index (χ1n) is 7.26. The summed E-state index contributed by atoms with van der Waals surface area (Å²) in [6, 6.07) is 1.86. The number of likely N-dealkylation sites (tertiary alicyclic amines) is 1. The van der Waals surface area contributed by atoms with E-state index in [1.165, 1.54) is 0 Å². The molecule has 0 aromatic carbocycles. The van der Waals surface area contributed by atoms with E-state index in [4.69, 9.17) is 0 Å². The lowest BCUT2D eigenvalue weighted by atomic mass is 9.96. The maximum Gasteiger partial charge on any atom is 0.391 e. The van der Waals surface area contributed by atoms with Crippen molar-refractivity contribution < 1.29 is 13.2 Å². The first kappa shape index (κ1) is 16.0. The van der Waals surface area contributed by atoms with Crippen LogP contribution in [0.5, 0.6) is 0 Å². The fourth-order valence-corrected chi connectivity index (χ4v) is 2.59. The minimum atomic E-state index is -4.07. The quantitative estimate of drug-likeness (QED) is 0.928. The topological polar surface area (TPSA) is 41.1 Å². The standard InChI is InChI=1S/C14H21F3N4/c1-3-18-12-8-10(2)19-13(20-12)9-21-6-4-11(5-7-21)14(15,16)17/h8,11H,3-7,9H2,1-2H3,(H,18,19,20). The van der Waals surface area contributed by atoms with Gasteiger partial charge >= 0.3 is 6.18 Å². The van der Waals surface area contributed by atoms with E-state index in [1.54, 1.807) is 0 Å². The molecule has 0 radical (unpaired) electrons. The maximum atomic E-state index is 12.6. The Morgan fingerprint density at radius 1 is 1.29 bits per heavy atom. The van der Waals surface area contributed by atoms with Crippen LogP contribution in [0.3, 0.4) is 0 Å². The number of hydrogen-bond donors (Lipinski definition) is 1. The Labute approximate surface area is 122 Å². The summed E-state index contributed by atoms with van der Waals surface area (Å²) >= 11 is 0. The molecule has 1 aromatic heterocycles. The predicted octanol–water partition coefficient (Wildman–Crippen LogP) is 2.99. The SMILES string of the molecule is CCNc1cc(C)nc(CN2CCC(C(F)(F)F)CC2)n1. The summed E-state index contributed by atoms with van der Waals surface area (Å²) < 4.78 is 37.9. The average Bonchev–Trinajstić information content (AvgIpc) is 2.38. The van der Waals surface area contributed by atoms with Crippen LogP contribution >= 0.6 is 0 Å². The summed E-state index contributed by atoms with van der Waals surface area (Å²) in [6.07, 6.45) is -3.74. The highest BCUT2D eigenvalue weighted by molar-refractivity contribution is 5.35. The molecule has 118 valence electrons. The Hall–Kier alpha value is -1.37. The van der Waals surface area contributed by atoms with Gasteiger partial charge in [-0.05, 0) is 39.8 Å². The predicted molar refractivity (Wildman–Crippen MR) is 75.0 cm³/mol. The van der Waals surface area contributed by atoms with Gasteiger partial charge in [-0.25, -0.2) is 9.97 Å². The van der Waals surface area contributed by atoms with Crippen molar-refractivity contribution in [1.82, 2.24) is 14.9 Å². The number of halogens is 3. The highest BCUT2D eigenvalue weighted by Gasteiger charge is 2.41. The van der Waals surface area contributed by atoms with Gasteiger partial charge in [0.15, 0.2) is 0 Å². The molecule has 1 aliphatic heterocycles. The summed E-state index contributed by atoms with van der Waals surface area (Å²) in [7, 11) is 0. The van der Waals surface area contributed by atoms with Gasteiger partial charge in [-0.2, -0.15) is 13.2 Å². The van der Waals surface area contributed by atoms with Crippen molar-refractivity contribution in [2.24, 2.45) is 5.92 Å². The van der Waals surface area contributed by atoms with Crippen LogP contribution in [0.15, 0.2) is 6.07 Å². The molecule has 0 atom stereocenters. The average molecular weight is 302 g/mol. The lowest BCUT2D eigenvalue weighted by Gasteiger charge is -2.32. The molecule has 1 fully saturated rings. The number of nitrogens with one attached hydrogen (secondary N) is 1. The van der Waals surface area contributed by atoms with Gasteiger partial charge in [-0.15, -0.1) is 0 Å². The van der Waals surface area contributed by atoms with E-state index in [9.17, 15) is 13.2 Å². The second-order valence-corrected chi connectivity index (χ2v) is 5.43. The van der Waals surface area contributed by atoms with Crippen LogP contribution in [-0.2, 0) is 6.54 Å². The molecule has 1 aromatic rings. The van der Waals surface area contributed by atoms with Gasteiger partial charge in [-0.3, -0.25) is 4.90 Å². The van der Waals surface area contributed by atoms with E-state index in [1.807, 2.05) is 24.8 Å². The highest BCUT2D eigenvalue weighted by atomic mass is 19.4. The molecule has 7 heteroatoms. The van der Waals surface area contributed by atoms with Gasteiger partial charge in [-0.1, -0.05) is 0 Å². The summed E-state index contributed by atoms with van der Waals surface area (Å²) in [5.41, 5.74) is 0.862. The molecular formula is C14H21F3N4. The third kappa shape index (κ3) is 4.56. The summed E-state index contributed by atoms with van der Waals surface area (Å²) in [5.74, 6) is 0.270. The van der Waals surface area contributed by atoms with Crippen LogP contribution in [-0.4, -0.2) is 40.7 Å². The minimum absolute atomic E-state index is 0.162. The molecule has 21 heavy (non-hydrogen) atoms. The fourth-order valence-electron chi connectivity index (χ4n) is 2.59. The van der Waals surface area contributed by atoms with Gasteiger partial charge < -0.3 is 5.32 Å². The number of aromatic nitrogens is 2. The number of rotatable bonds is 4. The third-order valence-electron chi connectivity index (χ3n) is 3.67. The van der Waals surface area contributed by atoms with Crippen LogP contribution in [0.1, 0.15) is 31.3 Å². The first-order chi connectivity index (χ1) is 9.88. The maximum absolute atomic E-state index is 12.6. The number of piperidine rings is 1. The summed E-state index contributed by atoms with van der Waals surface area (Å²) in [6.45, 7) is 6.04. The highest BCUT2D eigenvalue weighted by Crippen LogP contribution is 2.34. The van der Waals surface area contributed by atoms with Crippen molar-refractivity contribution in [3.05, 3.63) is 17.6 Å². The fraction of sp³-hybridized carbons (Fsp3) is 0.714. The van der Waals surface area contributed by atoms with Crippen molar-refractivity contribution in [3.63, 3.8) is 0 Å². The zero-order valence-corrected chi connectivity index (χ0v) is 12.4. The van der Waals surface area contributed by atoms with Crippen molar-refractivity contribution in [2.45, 2.75) is 39.4 Å². The van der Waals surface area contributed by atoms with Crippen LogP contribution in [0.4, 0.5) is 19.0 Å². The molecule has 1 N–H and O–H groups in total. The van der Waals surface area contributed by atoms with E-state index >= 15 is 0 Å². The lowest BCUT2D eigenvalue weighted by Crippen LogP contribution is -2.38. The molecule has 4 nitrogen and oxygen atoms in total. The first-order valence-corrected chi connectivity index (χ1v) is 7.26. The molecule has 0 amide bonds. The van der Waals surface area contributed by atoms with E-state index < -0.39 is 12.1 Å². The van der Waals surface area contributed by atoms with Crippen LogP contribution < -0.4 is 5.32 Å². The molecule has 1 saturated heterocycles. The van der Waals surface area contributed by atoms with Gasteiger partial charge in [0.25, 0.3) is 0 Å². The summed E-state index contributed by atoms with van der Waals surface area (Å²) in [4.78, 5) is 10.8. The number of anilines is 1. The van der Waals surface area contributed by atoms with E-state index in [0.717, 1.165) is 18.1 Å². The van der Waals surface area contributed by atoms with Crippen LogP contribution in [0.2, 0.25) is 0 Å². The molecule has 1 aliphatic rings. The Bertz CT molecular complexity index is 468. The van der Waals surface area contributed by atoms with Gasteiger partial charge in [0.1, 0.15) is 11.6 Å². The Balaban J connectivity index is 1.94. The van der Waals surface area contributed by atoms with E-state index in [0.29, 0.717) is 25.5 Å². The van der Waals surface area contributed by atoms with Crippen molar-refractivity contribution in [2.75, 3.05) is 25.0 Å². The molecule has 2 rings (SSSR count). The number of aryl methyl sites for hydroxylation is 1. The Kier molecular flexibility index (Phi) is 5.03. The number of alkyl halides is 3. The molecule has 0 bridgehead atoms. The van der Waals surface area contributed by atoms with Gasteiger partial charge in [0.2, 0.25) is 0 Å². The molecule has 0 saturated carbocycles. The number of hydrogen-bond acceptors (Lipinski definition) is 4. The molecule has 0 spiro atoms. The second kappa shape index (κ2) is 6.60. The normalized spacial score (nSPS) is 18.0. The van der Waals surface area contributed by atoms with E-state index in [2.05, 4.69) is 15.3 Å². The number of nitrogens with zero attached hydrogens (tertiary/aromatic N) is 3. The van der Waals surface area contributed by atoms with Gasteiger partial charge in [0, 0.05) is 18.3 Å². The zero-order valence-electron chi connectivity index (χ0n) is 12.4. The van der Waals surface area contributed by atoms with E-state index in [-0.39, 0.29) is 12.8 Å². The Morgan fingerprint density at radius 3 is 2.52 bits per heavy atom. The van der Waals surface area contributed by atoms with Crippen LogP contribution in [0.25, 0.3) is 0 Å². The van der Waals surface area contributed by atoms with Gasteiger partial charge in [0.05, 0.1) is 12.5 Å². The monoisotopic (exact) mass is 302 g/mol. The van der Waals surface area contributed by atoms with Crippen molar-refractivity contribution in [3.8, 4) is 0 Å². The summed E-state index contributed by atoms with van der Waals surface area (Å²) in [5, 5.41) is 3.13. The molecule has 0 aliphatic carbocycles. The van der Waals surface area contributed by atoms with Crippen molar-refractivity contribution >= 4 is 5.82 Å².